The first-order valence-corrected chi connectivity index (χ1v) is 8.62. The maximum absolute atomic E-state index is 10.8. The van der Waals surface area contributed by atoms with Crippen LogP contribution in [0.25, 0.3) is 0 Å². The molecule has 2 aliphatic rings. The second kappa shape index (κ2) is 6.67. The largest absolute Gasteiger partial charge is 0.468 e. The maximum atomic E-state index is 10.8. The van der Waals surface area contributed by atoms with Crippen LogP contribution in [-0.4, -0.2) is 41.5 Å². The summed E-state index contributed by atoms with van der Waals surface area (Å²) in [5, 5.41) is 14.0. The lowest BCUT2D eigenvalue weighted by Crippen LogP contribution is -2.58. The van der Waals surface area contributed by atoms with Crippen LogP contribution >= 0.6 is 11.8 Å². The van der Waals surface area contributed by atoms with Crippen molar-refractivity contribution in [3.8, 4) is 0 Å². The summed E-state index contributed by atoms with van der Waals surface area (Å²) >= 11 is 1.60. The Kier molecular flexibility index (Phi) is 4.41. The Morgan fingerprint density at radius 3 is 2.83 bits per heavy atom. The fraction of sp³-hybridized carbons (Fsp3) is 0.412. The van der Waals surface area contributed by atoms with Gasteiger partial charge in [0.15, 0.2) is 6.29 Å². The molecular weight excluding hydrogens is 314 g/mol. The van der Waals surface area contributed by atoms with Gasteiger partial charge in [-0.2, -0.15) is 0 Å². The van der Waals surface area contributed by atoms with E-state index in [1.165, 1.54) is 0 Å². The van der Waals surface area contributed by atoms with Crippen LogP contribution in [0, 0.1) is 0 Å². The number of nitrogens with one attached hydrogen (secondary N) is 1. The Labute approximate surface area is 139 Å². The van der Waals surface area contributed by atoms with Crippen LogP contribution in [-0.2, 0) is 16.0 Å². The Morgan fingerprint density at radius 1 is 1.17 bits per heavy atom. The molecule has 3 heterocycles. The Morgan fingerprint density at radius 2 is 2.04 bits per heavy atom. The first kappa shape index (κ1) is 15.2. The van der Waals surface area contributed by atoms with E-state index in [9.17, 15) is 5.11 Å². The van der Waals surface area contributed by atoms with Gasteiger partial charge in [-0.15, -0.1) is 11.8 Å². The minimum absolute atomic E-state index is 0.127. The number of aliphatic hydroxyl groups excluding tert-OH is 1. The summed E-state index contributed by atoms with van der Waals surface area (Å²) in [6.07, 6.45) is 0.606. The highest BCUT2D eigenvalue weighted by Gasteiger charge is 2.50. The predicted molar refractivity (Wildman–Crippen MR) is 86.0 cm³/mol. The minimum atomic E-state index is -0.554. The third kappa shape index (κ3) is 3.18. The number of fused-ring (bicyclic) bond motifs is 2. The van der Waals surface area contributed by atoms with Crippen LogP contribution in [0.15, 0.2) is 58.0 Å². The van der Waals surface area contributed by atoms with Gasteiger partial charge in [0, 0.05) is 4.90 Å². The fourth-order valence-electron chi connectivity index (χ4n) is 3.05. The number of hydrogen-bond donors (Lipinski definition) is 2. The molecule has 2 aliphatic heterocycles. The van der Waals surface area contributed by atoms with Crippen LogP contribution in [0.2, 0.25) is 0 Å². The lowest BCUT2D eigenvalue weighted by Gasteiger charge is -2.38. The predicted octanol–water partition coefficient (Wildman–Crippen LogP) is 2.01. The molecule has 0 spiro atoms. The summed E-state index contributed by atoms with van der Waals surface area (Å²) in [6, 6.07) is 13.6. The van der Waals surface area contributed by atoms with Gasteiger partial charge in [-0.1, -0.05) is 18.2 Å². The van der Waals surface area contributed by atoms with Crippen molar-refractivity contribution in [3.63, 3.8) is 0 Å². The molecule has 2 aromatic rings. The molecule has 0 saturated carbocycles. The molecule has 5 atom stereocenters. The number of ether oxygens (including phenoxy) is 2. The third-order valence-corrected chi connectivity index (χ3v) is 5.53. The topological polar surface area (TPSA) is 63.9 Å². The molecular formula is C17H19NO4S. The smallest absolute Gasteiger partial charge is 0.172 e. The molecule has 122 valence electrons. The van der Waals surface area contributed by atoms with E-state index in [-0.39, 0.29) is 23.7 Å². The second-order valence-electron chi connectivity index (χ2n) is 5.75. The van der Waals surface area contributed by atoms with E-state index >= 15 is 0 Å². The molecule has 0 amide bonds. The van der Waals surface area contributed by atoms with Crippen LogP contribution in [0.3, 0.4) is 0 Å². The summed E-state index contributed by atoms with van der Waals surface area (Å²) in [6.45, 7) is 1.06. The summed E-state index contributed by atoms with van der Waals surface area (Å²) in [5.74, 6) is 0.838. The van der Waals surface area contributed by atoms with Gasteiger partial charge in [0.25, 0.3) is 0 Å². The van der Waals surface area contributed by atoms with Crippen LogP contribution in [0.5, 0.6) is 0 Å². The quantitative estimate of drug-likeness (QED) is 0.873. The van der Waals surface area contributed by atoms with Crippen molar-refractivity contribution in [2.24, 2.45) is 0 Å². The molecule has 2 saturated heterocycles. The van der Waals surface area contributed by atoms with Crippen LogP contribution < -0.4 is 5.32 Å². The van der Waals surface area contributed by atoms with Crippen LogP contribution in [0.1, 0.15) is 5.76 Å². The van der Waals surface area contributed by atoms with Gasteiger partial charge in [-0.25, -0.2) is 0 Å². The van der Waals surface area contributed by atoms with E-state index in [0.29, 0.717) is 13.2 Å². The van der Waals surface area contributed by atoms with Crippen molar-refractivity contribution in [2.45, 2.75) is 41.2 Å². The number of rotatable bonds is 5. The van der Waals surface area contributed by atoms with E-state index in [4.69, 9.17) is 13.9 Å². The highest BCUT2D eigenvalue weighted by Crippen LogP contribution is 2.38. The number of hydrogen-bond acceptors (Lipinski definition) is 6. The Balaban J connectivity index is 1.47. The average molecular weight is 333 g/mol. The van der Waals surface area contributed by atoms with Gasteiger partial charge in [0.2, 0.25) is 0 Å². The van der Waals surface area contributed by atoms with Crippen LogP contribution in [0.4, 0.5) is 0 Å². The summed E-state index contributed by atoms with van der Waals surface area (Å²) in [4.78, 5) is 1.10. The molecule has 0 aliphatic carbocycles. The molecule has 0 radical (unpaired) electrons. The fourth-order valence-corrected chi connectivity index (χ4v) is 4.24. The lowest BCUT2D eigenvalue weighted by molar-refractivity contribution is -0.123. The number of furan rings is 1. The number of benzene rings is 1. The molecule has 4 rings (SSSR count). The van der Waals surface area contributed by atoms with Gasteiger partial charge in [-0.3, -0.25) is 0 Å². The zero-order valence-electron chi connectivity index (χ0n) is 12.5. The first-order chi connectivity index (χ1) is 11.3. The molecule has 2 fully saturated rings. The molecule has 2 N–H and O–H groups in total. The van der Waals surface area contributed by atoms with E-state index in [1.54, 1.807) is 18.0 Å². The van der Waals surface area contributed by atoms with Crippen molar-refractivity contribution >= 4 is 11.8 Å². The van der Waals surface area contributed by atoms with Crippen molar-refractivity contribution in [1.82, 2.24) is 5.32 Å². The Bertz CT molecular complexity index is 621. The van der Waals surface area contributed by atoms with E-state index in [1.807, 2.05) is 42.5 Å². The summed E-state index contributed by atoms with van der Waals surface area (Å²) in [7, 11) is 0. The lowest BCUT2D eigenvalue weighted by atomic mass is 10.00. The SMILES string of the molecule is O[C@H]1[C@H](NCc2ccco2)[C@@H]2CO[C@H](O2)[C@H]1Sc1ccccc1. The number of aliphatic hydroxyl groups is 1. The van der Waals surface area contributed by atoms with Crippen molar-refractivity contribution in [1.29, 1.82) is 0 Å². The first-order valence-electron chi connectivity index (χ1n) is 7.74. The summed E-state index contributed by atoms with van der Waals surface area (Å²) in [5.41, 5.74) is 0. The zero-order chi connectivity index (χ0) is 15.6. The minimum Gasteiger partial charge on any atom is -0.468 e. The molecule has 2 bridgehead atoms. The van der Waals surface area contributed by atoms with Gasteiger partial charge in [0.05, 0.1) is 36.8 Å². The number of thioether (sulfide) groups is 1. The highest BCUT2D eigenvalue weighted by atomic mass is 32.2. The van der Waals surface area contributed by atoms with E-state index in [2.05, 4.69) is 5.32 Å². The highest BCUT2D eigenvalue weighted by molar-refractivity contribution is 8.00. The van der Waals surface area contributed by atoms with Crippen molar-refractivity contribution < 1.29 is 19.0 Å². The van der Waals surface area contributed by atoms with Gasteiger partial charge >= 0.3 is 0 Å². The monoisotopic (exact) mass is 333 g/mol. The molecule has 1 aromatic carbocycles. The molecule has 6 heteroatoms. The molecule has 1 aromatic heterocycles. The average Bonchev–Trinajstić information content (AvgIpc) is 3.23. The van der Waals surface area contributed by atoms with Crippen molar-refractivity contribution in [2.75, 3.05) is 6.61 Å². The molecule has 0 unspecified atom stereocenters. The van der Waals surface area contributed by atoms with Gasteiger partial charge in [-0.05, 0) is 24.3 Å². The normalized spacial score (nSPS) is 33.0. The second-order valence-corrected chi connectivity index (χ2v) is 7.00. The van der Waals surface area contributed by atoms with Gasteiger partial charge in [0.1, 0.15) is 11.9 Å². The van der Waals surface area contributed by atoms with E-state index in [0.717, 1.165) is 10.7 Å². The Hall–Kier alpha value is -1.31. The standard InChI is InChI=1S/C17H19NO4S/c19-15-14(18-9-11-5-4-8-20-11)13-10-21-17(22-13)16(15)23-12-6-2-1-3-7-12/h1-8,13-19H,9-10H2/t13-,14+,15-,16-,17+/m0/s1. The third-order valence-electron chi connectivity index (χ3n) is 4.21. The van der Waals surface area contributed by atoms with Crippen molar-refractivity contribution in [3.05, 3.63) is 54.5 Å². The maximum Gasteiger partial charge on any atom is 0.172 e. The summed E-state index contributed by atoms with van der Waals surface area (Å²) < 4.78 is 17.0. The zero-order valence-corrected chi connectivity index (χ0v) is 13.3. The molecule has 23 heavy (non-hydrogen) atoms. The van der Waals surface area contributed by atoms with E-state index < -0.39 is 6.10 Å². The molecule has 5 nitrogen and oxygen atoms in total. The van der Waals surface area contributed by atoms with Gasteiger partial charge < -0.3 is 24.3 Å².